The fraction of sp³-hybridized carbons (Fsp3) is 0.300. The van der Waals surface area contributed by atoms with Crippen molar-refractivity contribution >= 4 is 0 Å². The molecule has 0 N–H and O–H groups in total. The van der Waals surface area contributed by atoms with Crippen molar-refractivity contribution in [3.8, 4) is 5.75 Å². The Kier molecular flexibility index (Phi) is 5.61. The van der Waals surface area contributed by atoms with Gasteiger partial charge in [0.25, 0.3) is 0 Å². The lowest BCUT2D eigenvalue weighted by molar-refractivity contribution is 0.317. The van der Waals surface area contributed by atoms with Crippen LogP contribution in [0.5, 0.6) is 5.75 Å². The molecular weight excluding hydrogens is 298 g/mol. The molecule has 0 aliphatic carbocycles. The first kappa shape index (κ1) is 16.2. The van der Waals surface area contributed by atoms with E-state index in [4.69, 9.17) is 4.74 Å². The van der Waals surface area contributed by atoms with Crippen LogP contribution in [0.1, 0.15) is 30.2 Å². The second-order valence-electron chi connectivity index (χ2n) is 5.89. The minimum atomic E-state index is 0.761. The van der Waals surface area contributed by atoms with Gasteiger partial charge in [-0.3, -0.25) is 0 Å². The van der Waals surface area contributed by atoms with Gasteiger partial charge in [-0.15, -0.1) is 5.10 Å². The maximum atomic E-state index is 5.61. The highest BCUT2D eigenvalue weighted by Gasteiger charge is 2.03. The van der Waals surface area contributed by atoms with E-state index >= 15 is 0 Å². The van der Waals surface area contributed by atoms with Crippen molar-refractivity contribution in [2.75, 3.05) is 6.61 Å². The molecule has 0 aliphatic rings. The maximum Gasteiger partial charge on any atom is 0.119 e. The van der Waals surface area contributed by atoms with Crippen molar-refractivity contribution in [1.29, 1.82) is 0 Å². The monoisotopic (exact) mass is 321 g/mol. The van der Waals surface area contributed by atoms with E-state index in [2.05, 4.69) is 41.5 Å². The van der Waals surface area contributed by atoms with E-state index in [1.165, 1.54) is 11.1 Å². The Hall–Kier alpha value is -2.62. The van der Waals surface area contributed by atoms with Crippen LogP contribution in [0.2, 0.25) is 0 Å². The molecule has 0 radical (unpaired) electrons. The molecule has 0 aliphatic heterocycles. The van der Waals surface area contributed by atoms with Gasteiger partial charge < -0.3 is 4.74 Å². The number of hydrogen-bond acceptors (Lipinski definition) is 3. The average Bonchev–Trinajstić information content (AvgIpc) is 3.07. The second-order valence-corrected chi connectivity index (χ2v) is 5.89. The molecule has 4 heteroatoms. The average molecular weight is 321 g/mol. The third-order valence-electron chi connectivity index (χ3n) is 3.84. The summed E-state index contributed by atoms with van der Waals surface area (Å²) in [6, 6.07) is 18.6. The topological polar surface area (TPSA) is 39.9 Å². The molecular formula is C20H23N3O. The fourth-order valence-corrected chi connectivity index (χ4v) is 2.55. The molecule has 0 atom stereocenters. The third-order valence-corrected chi connectivity index (χ3v) is 3.84. The summed E-state index contributed by atoms with van der Waals surface area (Å²) in [4.78, 5) is 0. The Morgan fingerprint density at radius 2 is 1.71 bits per heavy atom. The lowest BCUT2D eigenvalue weighted by atomic mass is 10.1. The zero-order valence-corrected chi connectivity index (χ0v) is 14.1. The number of aryl methyl sites for hydroxylation is 2. The molecule has 0 amide bonds. The van der Waals surface area contributed by atoms with Gasteiger partial charge in [-0.05, 0) is 42.5 Å². The highest BCUT2D eigenvalue weighted by atomic mass is 16.5. The maximum absolute atomic E-state index is 5.61. The molecule has 0 saturated carbocycles. The number of benzene rings is 2. The van der Waals surface area contributed by atoms with Crippen LogP contribution in [0.3, 0.4) is 0 Å². The summed E-state index contributed by atoms with van der Waals surface area (Å²) in [5, 5.41) is 8.49. The van der Waals surface area contributed by atoms with Gasteiger partial charge in [0.1, 0.15) is 5.75 Å². The van der Waals surface area contributed by atoms with Gasteiger partial charge in [0.05, 0.1) is 18.8 Å². The van der Waals surface area contributed by atoms with Gasteiger partial charge >= 0.3 is 0 Å². The standard InChI is InChI=1S/C20H23N3O/c1-2-14-24-20-12-9-17(10-13-20)8-11-19-16-23(22-21-19)15-18-6-4-3-5-7-18/h3-7,9-10,12-13,16H,2,8,11,14-15H2,1H3. The van der Waals surface area contributed by atoms with Crippen LogP contribution < -0.4 is 4.74 Å². The molecule has 24 heavy (non-hydrogen) atoms. The van der Waals surface area contributed by atoms with Crippen LogP contribution in [0.4, 0.5) is 0 Å². The number of nitrogens with zero attached hydrogens (tertiary/aromatic N) is 3. The van der Waals surface area contributed by atoms with Crippen molar-refractivity contribution in [1.82, 2.24) is 15.0 Å². The van der Waals surface area contributed by atoms with E-state index in [0.717, 1.165) is 43.9 Å². The normalized spacial score (nSPS) is 10.7. The van der Waals surface area contributed by atoms with Gasteiger partial charge in [0.15, 0.2) is 0 Å². The summed E-state index contributed by atoms with van der Waals surface area (Å²) >= 11 is 0. The van der Waals surface area contributed by atoms with Crippen molar-refractivity contribution in [3.05, 3.63) is 77.6 Å². The SMILES string of the molecule is CCCOc1ccc(CCc2cn(Cc3ccccc3)nn2)cc1. The van der Waals surface area contributed by atoms with Crippen LogP contribution >= 0.6 is 0 Å². The molecule has 3 rings (SSSR count). The van der Waals surface area contributed by atoms with E-state index in [0.29, 0.717) is 0 Å². The highest BCUT2D eigenvalue weighted by molar-refractivity contribution is 5.27. The van der Waals surface area contributed by atoms with E-state index in [9.17, 15) is 0 Å². The van der Waals surface area contributed by atoms with Crippen LogP contribution in [0.25, 0.3) is 0 Å². The van der Waals surface area contributed by atoms with Crippen LogP contribution in [0.15, 0.2) is 60.8 Å². The lowest BCUT2D eigenvalue weighted by Gasteiger charge is -2.05. The molecule has 0 fully saturated rings. The fourth-order valence-electron chi connectivity index (χ4n) is 2.55. The molecule has 0 saturated heterocycles. The highest BCUT2D eigenvalue weighted by Crippen LogP contribution is 2.14. The molecule has 1 aromatic heterocycles. The zero-order valence-electron chi connectivity index (χ0n) is 14.1. The first-order valence-electron chi connectivity index (χ1n) is 8.48. The van der Waals surface area contributed by atoms with Crippen molar-refractivity contribution in [2.45, 2.75) is 32.7 Å². The number of rotatable bonds is 8. The molecule has 2 aromatic carbocycles. The van der Waals surface area contributed by atoms with Crippen LogP contribution in [0, 0.1) is 0 Å². The van der Waals surface area contributed by atoms with Gasteiger partial charge in [-0.2, -0.15) is 0 Å². The van der Waals surface area contributed by atoms with E-state index < -0.39 is 0 Å². The molecule has 1 heterocycles. The summed E-state index contributed by atoms with van der Waals surface area (Å²) < 4.78 is 7.50. The summed E-state index contributed by atoms with van der Waals surface area (Å²) in [6.07, 6.45) is 4.91. The Morgan fingerprint density at radius 3 is 2.46 bits per heavy atom. The van der Waals surface area contributed by atoms with Gasteiger partial charge in [-0.1, -0.05) is 54.6 Å². The van der Waals surface area contributed by atoms with E-state index in [1.807, 2.05) is 41.2 Å². The first-order valence-corrected chi connectivity index (χ1v) is 8.48. The van der Waals surface area contributed by atoms with Crippen LogP contribution in [-0.2, 0) is 19.4 Å². The number of hydrogen-bond donors (Lipinski definition) is 0. The predicted octanol–water partition coefficient (Wildman–Crippen LogP) is 3.90. The summed E-state index contributed by atoms with van der Waals surface area (Å²) in [5.41, 5.74) is 3.55. The first-order chi connectivity index (χ1) is 11.8. The number of aromatic nitrogens is 3. The lowest BCUT2D eigenvalue weighted by Crippen LogP contribution is -1.99. The van der Waals surface area contributed by atoms with E-state index in [-0.39, 0.29) is 0 Å². The second kappa shape index (κ2) is 8.29. The Morgan fingerprint density at radius 1 is 0.917 bits per heavy atom. The summed E-state index contributed by atoms with van der Waals surface area (Å²) in [6.45, 7) is 3.64. The minimum absolute atomic E-state index is 0.761. The molecule has 3 aromatic rings. The van der Waals surface area contributed by atoms with Gasteiger partial charge in [-0.25, -0.2) is 4.68 Å². The summed E-state index contributed by atoms with van der Waals surface area (Å²) in [7, 11) is 0. The Balaban J connectivity index is 1.51. The van der Waals surface area contributed by atoms with Crippen molar-refractivity contribution < 1.29 is 4.74 Å². The predicted molar refractivity (Wildman–Crippen MR) is 95.2 cm³/mol. The Labute approximate surface area is 143 Å². The van der Waals surface area contributed by atoms with Crippen molar-refractivity contribution in [3.63, 3.8) is 0 Å². The molecule has 0 bridgehead atoms. The Bertz CT molecular complexity index is 735. The minimum Gasteiger partial charge on any atom is -0.494 e. The largest absolute Gasteiger partial charge is 0.494 e. The number of ether oxygens (including phenoxy) is 1. The van der Waals surface area contributed by atoms with Gasteiger partial charge in [0.2, 0.25) is 0 Å². The molecule has 4 nitrogen and oxygen atoms in total. The smallest absolute Gasteiger partial charge is 0.119 e. The molecule has 0 spiro atoms. The van der Waals surface area contributed by atoms with Gasteiger partial charge in [0, 0.05) is 6.20 Å². The molecule has 124 valence electrons. The summed E-state index contributed by atoms with van der Waals surface area (Å²) in [5.74, 6) is 0.939. The third kappa shape index (κ3) is 4.69. The van der Waals surface area contributed by atoms with Crippen molar-refractivity contribution in [2.24, 2.45) is 0 Å². The quantitative estimate of drug-likeness (QED) is 0.632. The van der Waals surface area contributed by atoms with Crippen LogP contribution in [-0.4, -0.2) is 21.6 Å². The van der Waals surface area contributed by atoms with E-state index in [1.54, 1.807) is 0 Å². The molecule has 0 unspecified atom stereocenters. The zero-order chi connectivity index (χ0) is 16.6.